The molecule has 0 amide bonds. The third-order valence-corrected chi connectivity index (χ3v) is 3.36. The Morgan fingerprint density at radius 1 is 1.10 bits per heavy atom. The summed E-state index contributed by atoms with van der Waals surface area (Å²) in [6.45, 7) is 0. The van der Waals surface area contributed by atoms with Gasteiger partial charge in [0.1, 0.15) is 11.9 Å². The molecule has 0 aliphatic heterocycles. The van der Waals surface area contributed by atoms with Gasteiger partial charge in [0, 0.05) is 17.3 Å². The van der Waals surface area contributed by atoms with E-state index in [0.717, 1.165) is 16.3 Å². The largest absolute Gasteiger partial charge is 0.383 e. The number of benzene rings is 2. The monoisotopic (exact) mass is 272 g/mol. The van der Waals surface area contributed by atoms with Crippen LogP contribution in [0.1, 0.15) is 16.7 Å². The number of nitrogens with zero attached hydrogens (tertiary/aromatic N) is 2. The molecule has 0 atom stereocenters. The van der Waals surface area contributed by atoms with Crippen molar-refractivity contribution >= 4 is 22.3 Å². The van der Waals surface area contributed by atoms with Crippen molar-refractivity contribution < 1.29 is 0 Å². The van der Waals surface area contributed by atoms with Gasteiger partial charge in [-0.15, -0.1) is 0 Å². The van der Waals surface area contributed by atoms with Crippen molar-refractivity contribution in [1.29, 1.82) is 10.7 Å². The zero-order chi connectivity index (χ0) is 14.8. The first-order valence-corrected chi connectivity index (χ1v) is 6.43. The minimum Gasteiger partial charge on any atom is -0.383 e. The number of hydrogen-bond acceptors (Lipinski definition) is 4. The maximum atomic E-state index is 8.95. The number of nitrogens with one attached hydrogen (secondary N) is 1. The molecule has 2 aromatic carbocycles. The maximum Gasteiger partial charge on any atom is 0.132 e. The minimum absolute atomic E-state index is 0.257. The fourth-order valence-corrected chi connectivity index (χ4v) is 2.24. The molecule has 0 radical (unpaired) electrons. The quantitative estimate of drug-likeness (QED) is 0.703. The first-order valence-electron chi connectivity index (χ1n) is 6.43. The second-order valence-corrected chi connectivity index (χ2v) is 4.71. The molecule has 0 saturated carbocycles. The van der Waals surface area contributed by atoms with E-state index in [4.69, 9.17) is 16.4 Å². The Morgan fingerprint density at radius 2 is 1.86 bits per heavy atom. The molecule has 4 nitrogen and oxygen atoms in total. The van der Waals surface area contributed by atoms with Gasteiger partial charge in [-0.3, -0.25) is 5.41 Å². The fourth-order valence-electron chi connectivity index (χ4n) is 2.24. The van der Waals surface area contributed by atoms with E-state index < -0.39 is 0 Å². The number of aromatic nitrogens is 1. The van der Waals surface area contributed by atoms with Crippen molar-refractivity contribution in [3.05, 3.63) is 71.4 Å². The number of nitriles is 1. The summed E-state index contributed by atoms with van der Waals surface area (Å²) < 4.78 is 0. The number of fused-ring (bicyclic) bond motifs is 1. The Hall–Kier alpha value is -3.19. The summed E-state index contributed by atoms with van der Waals surface area (Å²) in [7, 11) is 0. The van der Waals surface area contributed by atoms with Crippen LogP contribution in [0.15, 0.2) is 54.7 Å². The molecule has 0 saturated heterocycles. The Bertz CT molecular complexity index is 891. The number of pyridine rings is 1. The second-order valence-electron chi connectivity index (χ2n) is 4.71. The van der Waals surface area contributed by atoms with Crippen LogP contribution in [0.5, 0.6) is 0 Å². The highest BCUT2D eigenvalue weighted by atomic mass is 14.8. The Kier molecular flexibility index (Phi) is 3.09. The van der Waals surface area contributed by atoms with Gasteiger partial charge in [0.05, 0.1) is 11.3 Å². The van der Waals surface area contributed by atoms with E-state index in [1.807, 2.05) is 48.5 Å². The zero-order valence-electron chi connectivity index (χ0n) is 11.2. The van der Waals surface area contributed by atoms with Crippen LogP contribution < -0.4 is 5.73 Å². The molecule has 0 aliphatic rings. The van der Waals surface area contributed by atoms with Gasteiger partial charge >= 0.3 is 0 Å². The van der Waals surface area contributed by atoms with Crippen LogP contribution in [-0.2, 0) is 0 Å². The topological polar surface area (TPSA) is 86.6 Å². The van der Waals surface area contributed by atoms with Crippen molar-refractivity contribution in [3.63, 3.8) is 0 Å². The highest BCUT2D eigenvalue weighted by Gasteiger charge is 2.11. The Balaban J connectivity index is 2.10. The van der Waals surface area contributed by atoms with Gasteiger partial charge < -0.3 is 5.73 Å². The van der Waals surface area contributed by atoms with E-state index in [9.17, 15) is 0 Å². The molecule has 3 rings (SSSR count). The van der Waals surface area contributed by atoms with Crippen LogP contribution in [0.3, 0.4) is 0 Å². The van der Waals surface area contributed by atoms with Crippen molar-refractivity contribution in [2.75, 3.05) is 5.73 Å². The Labute approximate surface area is 122 Å². The van der Waals surface area contributed by atoms with Crippen LogP contribution >= 0.6 is 0 Å². The lowest BCUT2D eigenvalue weighted by molar-refractivity contribution is 1.29. The minimum atomic E-state index is 0.257. The lowest BCUT2D eigenvalue weighted by atomic mass is 9.99. The van der Waals surface area contributed by atoms with Crippen molar-refractivity contribution in [3.8, 4) is 6.07 Å². The molecule has 1 aromatic heterocycles. The van der Waals surface area contributed by atoms with Gasteiger partial charge in [0.2, 0.25) is 0 Å². The summed E-state index contributed by atoms with van der Waals surface area (Å²) in [5.41, 5.74) is 7.72. The maximum absolute atomic E-state index is 8.95. The zero-order valence-corrected chi connectivity index (χ0v) is 11.2. The highest BCUT2D eigenvalue weighted by molar-refractivity contribution is 6.14. The van der Waals surface area contributed by atoms with Crippen LogP contribution in [-0.4, -0.2) is 10.7 Å². The van der Waals surface area contributed by atoms with Crippen molar-refractivity contribution in [2.24, 2.45) is 0 Å². The average molecular weight is 272 g/mol. The normalized spacial score (nSPS) is 10.2. The van der Waals surface area contributed by atoms with Crippen molar-refractivity contribution in [1.82, 2.24) is 4.98 Å². The highest BCUT2D eigenvalue weighted by Crippen LogP contribution is 2.20. The molecule has 0 bridgehead atoms. The van der Waals surface area contributed by atoms with Crippen molar-refractivity contribution in [2.45, 2.75) is 0 Å². The van der Waals surface area contributed by atoms with Gasteiger partial charge in [-0.2, -0.15) is 5.26 Å². The molecule has 0 aliphatic carbocycles. The number of hydrogen-bond donors (Lipinski definition) is 2. The molecule has 4 heteroatoms. The smallest absolute Gasteiger partial charge is 0.132 e. The third-order valence-electron chi connectivity index (χ3n) is 3.36. The van der Waals surface area contributed by atoms with E-state index >= 15 is 0 Å². The second kappa shape index (κ2) is 5.06. The van der Waals surface area contributed by atoms with E-state index in [0.29, 0.717) is 11.1 Å². The number of rotatable bonds is 2. The Morgan fingerprint density at radius 3 is 2.62 bits per heavy atom. The van der Waals surface area contributed by atoms with E-state index in [1.165, 1.54) is 6.20 Å². The standard InChI is InChI=1S/C17H12N4/c18-9-11-7-15(17(20)21-10-11)16(19)14-6-5-12-3-1-2-4-13(12)8-14/h1-8,10,19H,(H2,20,21). The first kappa shape index (κ1) is 12.8. The SMILES string of the molecule is N#Cc1cnc(N)c(C(=N)c2ccc3ccccc3c2)c1. The lowest BCUT2D eigenvalue weighted by Gasteiger charge is -2.08. The number of anilines is 1. The molecule has 3 N–H and O–H groups in total. The summed E-state index contributed by atoms with van der Waals surface area (Å²) in [5.74, 6) is 0.257. The van der Waals surface area contributed by atoms with Crippen LogP contribution in [0.4, 0.5) is 5.82 Å². The molecular formula is C17H12N4. The molecule has 21 heavy (non-hydrogen) atoms. The van der Waals surface area contributed by atoms with Crippen LogP contribution in [0, 0.1) is 16.7 Å². The fraction of sp³-hybridized carbons (Fsp3) is 0. The number of nitrogen functional groups attached to an aromatic ring is 1. The molecular weight excluding hydrogens is 260 g/mol. The first-order chi connectivity index (χ1) is 10.2. The van der Waals surface area contributed by atoms with Gasteiger partial charge in [-0.1, -0.05) is 36.4 Å². The van der Waals surface area contributed by atoms with E-state index in [1.54, 1.807) is 6.07 Å². The predicted octanol–water partition coefficient (Wildman–Crippen LogP) is 3.10. The molecule has 0 unspecified atom stereocenters. The van der Waals surface area contributed by atoms with Gasteiger partial charge in [-0.05, 0) is 22.9 Å². The molecule has 0 fully saturated rings. The van der Waals surface area contributed by atoms with Gasteiger partial charge in [-0.25, -0.2) is 4.98 Å². The van der Waals surface area contributed by atoms with Gasteiger partial charge in [0.15, 0.2) is 0 Å². The van der Waals surface area contributed by atoms with Gasteiger partial charge in [0.25, 0.3) is 0 Å². The average Bonchev–Trinajstić information content (AvgIpc) is 2.54. The summed E-state index contributed by atoms with van der Waals surface area (Å²) in [6, 6.07) is 17.4. The van der Waals surface area contributed by atoms with E-state index in [-0.39, 0.29) is 11.5 Å². The number of nitrogens with two attached hydrogens (primary N) is 1. The molecule has 3 aromatic rings. The summed E-state index contributed by atoms with van der Waals surface area (Å²) in [6.07, 6.45) is 1.41. The molecule has 0 spiro atoms. The molecule has 100 valence electrons. The predicted molar refractivity (Wildman–Crippen MR) is 83.2 cm³/mol. The van der Waals surface area contributed by atoms with Crippen LogP contribution in [0.25, 0.3) is 10.8 Å². The summed E-state index contributed by atoms with van der Waals surface area (Å²) in [4.78, 5) is 3.97. The third kappa shape index (κ3) is 2.33. The summed E-state index contributed by atoms with van der Waals surface area (Å²) >= 11 is 0. The molecule has 1 heterocycles. The summed E-state index contributed by atoms with van der Waals surface area (Å²) in [5, 5.41) is 19.4. The lowest BCUT2D eigenvalue weighted by Crippen LogP contribution is -2.07. The van der Waals surface area contributed by atoms with Crippen LogP contribution in [0.2, 0.25) is 0 Å². The van der Waals surface area contributed by atoms with E-state index in [2.05, 4.69) is 4.98 Å².